The van der Waals surface area contributed by atoms with Crippen LogP contribution in [0.4, 0.5) is 10.6 Å². The molecule has 2 amide bonds. The van der Waals surface area contributed by atoms with Crippen LogP contribution >= 0.6 is 12.4 Å². The van der Waals surface area contributed by atoms with Gasteiger partial charge < -0.3 is 15.6 Å². The number of carbonyl (C=O) groups is 1. The molecule has 0 bridgehead atoms. The molecular formula is C22H22ClN5O2. The molecule has 8 heteroatoms. The number of rotatable bonds is 5. The number of para-hydroxylation sites is 1. The van der Waals surface area contributed by atoms with Crippen LogP contribution in [0.1, 0.15) is 17.3 Å². The molecule has 4 N–H and O–H groups in total. The van der Waals surface area contributed by atoms with Gasteiger partial charge in [0, 0.05) is 36.2 Å². The first kappa shape index (κ1) is 21.3. The normalized spacial score (nSPS) is 11.5. The van der Waals surface area contributed by atoms with Crippen molar-refractivity contribution in [1.82, 2.24) is 15.5 Å². The summed E-state index contributed by atoms with van der Waals surface area (Å²) in [5.41, 5.74) is 10.7. The fourth-order valence-electron chi connectivity index (χ4n) is 3.29. The highest BCUT2D eigenvalue weighted by Gasteiger charge is 2.18. The van der Waals surface area contributed by atoms with Crippen LogP contribution in [0.15, 0.2) is 71.3 Å². The van der Waals surface area contributed by atoms with Gasteiger partial charge in [0.05, 0.1) is 0 Å². The van der Waals surface area contributed by atoms with E-state index in [0.29, 0.717) is 12.2 Å². The molecule has 30 heavy (non-hydrogen) atoms. The van der Waals surface area contributed by atoms with Gasteiger partial charge in [-0.05, 0) is 29.8 Å². The largest absolute Gasteiger partial charge is 0.356 e. The smallest absolute Gasteiger partial charge is 0.320 e. The molecule has 0 saturated carbocycles. The molecule has 1 atom stereocenters. The van der Waals surface area contributed by atoms with Gasteiger partial charge in [0.15, 0.2) is 5.58 Å². The minimum Gasteiger partial charge on any atom is -0.356 e. The van der Waals surface area contributed by atoms with Gasteiger partial charge in [-0.25, -0.2) is 9.78 Å². The number of amides is 2. The molecule has 4 rings (SSSR count). The standard InChI is InChI=1S/C22H21N5O2.ClH/c1-24-22(28)26-20-12-6-7-14(25-20)13-18(23)15-8-2-3-9-16(15)21-17-10-4-5-11-19(17)29-27-21;/h2-12,18H,13,23H2,1H3,(H2,24,25,26,28);1H. The van der Waals surface area contributed by atoms with Crippen molar-refractivity contribution in [2.24, 2.45) is 5.73 Å². The summed E-state index contributed by atoms with van der Waals surface area (Å²) >= 11 is 0. The number of halogens is 1. The zero-order valence-electron chi connectivity index (χ0n) is 16.3. The van der Waals surface area contributed by atoms with Crippen LogP contribution in [-0.2, 0) is 6.42 Å². The molecule has 0 aliphatic carbocycles. The summed E-state index contributed by atoms with van der Waals surface area (Å²) < 4.78 is 5.47. The van der Waals surface area contributed by atoms with Crippen molar-refractivity contribution < 1.29 is 9.32 Å². The van der Waals surface area contributed by atoms with Crippen molar-refractivity contribution in [3.05, 3.63) is 78.0 Å². The summed E-state index contributed by atoms with van der Waals surface area (Å²) in [5, 5.41) is 10.4. The summed E-state index contributed by atoms with van der Waals surface area (Å²) in [4.78, 5) is 16.0. The van der Waals surface area contributed by atoms with Gasteiger partial charge in [0.1, 0.15) is 11.5 Å². The molecule has 1 unspecified atom stereocenters. The molecule has 0 saturated heterocycles. The molecule has 0 aliphatic heterocycles. The lowest BCUT2D eigenvalue weighted by atomic mass is 9.94. The van der Waals surface area contributed by atoms with Crippen LogP contribution in [0, 0.1) is 0 Å². The second-order valence-electron chi connectivity index (χ2n) is 6.64. The van der Waals surface area contributed by atoms with Crippen LogP contribution in [0.3, 0.4) is 0 Å². The zero-order chi connectivity index (χ0) is 20.2. The summed E-state index contributed by atoms with van der Waals surface area (Å²) in [5.74, 6) is 0.477. The SMILES string of the molecule is CNC(=O)Nc1cccc(CC(N)c2ccccc2-c2noc3ccccc23)n1.Cl. The van der Waals surface area contributed by atoms with E-state index in [-0.39, 0.29) is 24.5 Å². The van der Waals surface area contributed by atoms with Crippen LogP contribution in [0.25, 0.3) is 22.2 Å². The molecule has 4 aromatic rings. The second-order valence-corrected chi connectivity index (χ2v) is 6.64. The summed E-state index contributed by atoms with van der Waals surface area (Å²) in [7, 11) is 1.56. The predicted molar refractivity (Wildman–Crippen MR) is 120 cm³/mol. The van der Waals surface area contributed by atoms with Gasteiger partial charge in [0.2, 0.25) is 0 Å². The lowest BCUT2D eigenvalue weighted by molar-refractivity contribution is 0.254. The van der Waals surface area contributed by atoms with E-state index >= 15 is 0 Å². The van der Waals surface area contributed by atoms with Crippen LogP contribution in [-0.4, -0.2) is 23.2 Å². The Labute approximate surface area is 180 Å². The maximum absolute atomic E-state index is 11.5. The van der Waals surface area contributed by atoms with Crippen LogP contribution < -0.4 is 16.4 Å². The van der Waals surface area contributed by atoms with Gasteiger partial charge in [-0.3, -0.25) is 5.32 Å². The topological polar surface area (TPSA) is 106 Å². The van der Waals surface area contributed by atoms with Gasteiger partial charge in [0.25, 0.3) is 0 Å². The van der Waals surface area contributed by atoms with E-state index in [1.807, 2.05) is 60.7 Å². The number of hydrogen-bond acceptors (Lipinski definition) is 5. The fraction of sp³-hybridized carbons (Fsp3) is 0.136. The lowest BCUT2D eigenvalue weighted by Crippen LogP contribution is -2.25. The van der Waals surface area contributed by atoms with E-state index in [1.165, 1.54) is 0 Å². The number of nitrogens with zero attached hydrogens (tertiary/aromatic N) is 2. The lowest BCUT2D eigenvalue weighted by Gasteiger charge is -2.16. The molecule has 0 fully saturated rings. The quantitative estimate of drug-likeness (QED) is 0.443. The Bertz CT molecular complexity index is 1160. The maximum atomic E-state index is 11.5. The summed E-state index contributed by atoms with van der Waals surface area (Å²) in [6.45, 7) is 0. The molecule has 2 aromatic carbocycles. The third kappa shape index (κ3) is 4.42. The average Bonchev–Trinajstić information content (AvgIpc) is 3.18. The Morgan fingerprint density at radius 2 is 1.83 bits per heavy atom. The van der Waals surface area contributed by atoms with Crippen LogP contribution in [0.2, 0.25) is 0 Å². The Hall–Kier alpha value is -3.42. The predicted octanol–water partition coefficient (Wildman–Crippen LogP) is 4.31. The van der Waals surface area contributed by atoms with E-state index in [1.54, 1.807) is 13.1 Å². The van der Waals surface area contributed by atoms with Gasteiger partial charge in [-0.1, -0.05) is 47.6 Å². The number of anilines is 1. The Morgan fingerprint density at radius 3 is 2.67 bits per heavy atom. The number of fused-ring (bicyclic) bond motifs is 1. The maximum Gasteiger partial charge on any atom is 0.320 e. The highest BCUT2D eigenvalue weighted by atomic mass is 35.5. The minimum atomic E-state index is -0.317. The molecule has 154 valence electrons. The third-order valence-corrected chi connectivity index (χ3v) is 4.70. The van der Waals surface area contributed by atoms with Crippen molar-refractivity contribution in [3.63, 3.8) is 0 Å². The van der Waals surface area contributed by atoms with Crippen LogP contribution in [0.5, 0.6) is 0 Å². The van der Waals surface area contributed by atoms with E-state index in [4.69, 9.17) is 10.3 Å². The number of aromatic nitrogens is 2. The Balaban J connectivity index is 0.00000256. The van der Waals surface area contributed by atoms with E-state index in [0.717, 1.165) is 33.5 Å². The number of pyridine rings is 1. The minimum absolute atomic E-state index is 0. The van der Waals surface area contributed by atoms with E-state index in [2.05, 4.69) is 20.8 Å². The van der Waals surface area contributed by atoms with E-state index < -0.39 is 0 Å². The first-order chi connectivity index (χ1) is 14.2. The molecular weight excluding hydrogens is 402 g/mol. The number of hydrogen-bond donors (Lipinski definition) is 3. The van der Waals surface area contributed by atoms with Crippen molar-refractivity contribution in [2.75, 3.05) is 12.4 Å². The third-order valence-electron chi connectivity index (χ3n) is 4.70. The monoisotopic (exact) mass is 423 g/mol. The fourth-order valence-corrected chi connectivity index (χ4v) is 3.29. The number of benzene rings is 2. The average molecular weight is 424 g/mol. The number of carbonyl (C=O) groups excluding carboxylic acids is 1. The number of nitrogens with one attached hydrogen (secondary N) is 2. The zero-order valence-corrected chi connectivity index (χ0v) is 17.1. The number of nitrogens with two attached hydrogens (primary N) is 1. The van der Waals surface area contributed by atoms with Gasteiger partial charge in [-0.15, -0.1) is 12.4 Å². The van der Waals surface area contributed by atoms with E-state index in [9.17, 15) is 4.79 Å². The molecule has 0 radical (unpaired) electrons. The first-order valence-corrected chi connectivity index (χ1v) is 9.29. The van der Waals surface area contributed by atoms with Crippen molar-refractivity contribution >= 4 is 35.2 Å². The first-order valence-electron chi connectivity index (χ1n) is 9.29. The summed E-state index contributed by atoms with van der Waals surface area (Å²) in [6.07, 6.45) is 0.510. The van der Waals surface area contributed by atoms with Gasteiger partial charge in [-0.2, -0.15) is 0 Å². The van der Waals surface area contributed by atoms with Crippen molar-refractivity contribution in [2.45, 2.75) is 12.5 Å². The molecule has 2 aromatic heterocycles. The van der Waals surface area contributed by atoms with Gasteiger partial charge >= 0.3 is 6.03 Å². The van der Waals surface area contributed by atoms with Crippen molar-refractivity contribution in [3.8, 4) is 11.3 Å². The molecule has 0 aliphatic rings. The molecule has 7 nitrogen and oxygen atoms in total. The molecule has 2 heterocycles. The van der Waals surface area contributed by atoms with Crippen molar-refractivity contribution in [1.29, 1.82) is 0 Å². The second kappa shape index (κ2) is 9.39. The number of urea groups is 1. The highest BCUT2D eigenvalue weighted by molar-refractivity contribution is 5.92. The Morgan fingerprint density at radius 1 is 1.07 bits per heavy atom. The molecule has 0 spiro atoms. The highest BCUT2D eigenvalue weighted by Crippen LogP contribution is 2.33. The Kier molecular flexibility index (Phi) is 6.66. The summed E-state index contributed by atoms with van der Waals surface area (Å²) in [6, 6.07) is 20.5.